The molecule has 1 unspecified atom stereocenters. The predicted molar refractivity (Wildman–Crippen MR) is 135 cm³/mol. The predicted octanol–water partition coefficient (Wildman–Crippen LogP) is 5.20. The molecule has 38 heavy (non-hydrogen) atoms. The van der Waals surface area contributed by atoms with Gasteiger partial charge in [-0.1, -0.05) is 39.2 Å². The summed E-state index contributed by atoms with van der Waals surface area (Å²) in [6, 6.07) is 3.65. The van der Waals surface area contributed by atoms with Crippen LogP contribution in [0.2, 0.25) is 0 Å². The van der Waals surface area contributed by atoms with Crippen molar-refractivity contribution in [2.24, 2.45) is 0 Å². The number of nitrogens with one attached hydrogen (secondary N) is 1. The third-order valence-corrected chi connectivity index (χ3v) is 5.28. The van der Waals surface area contributed by atoms with E-state index in [0.29, 0.717) is 12.8 Å². The van der Waals surface area contributed by atoms with Crippen LogP contribution in [-0.4, -0.2) is 61.1 Å². The molecule has 12 nitrogen and oxygen atoms in total. The maximum Gasteiger partial charge on any atom is 0.513 e. The molecule has 0 spiro atoms. The molecule has 0 aliphatic carbocycles. The maximum absolute atomic E-state index is 12.5. The second-order valence-electron chi connectivity index (χ2n) is 8.37. The molecule has 214 valence electrons. The van der Waals surface area contributed by atoms with E-state index in [9.17, 15) is 24.3 Å². The number of carbonyl (C=O) groups excluding carboxylic acids is 3. The van der Waals surface area contributed by atoms with E-state index in [-0.39, 0.29) is 49.3 Å². The van der Waals surface area contributed by atoms with Gasteiger partial charge < -0.3 is 33.5 Å². The van der Waals surface area contributed by atoms with E-state index >= 15 is 0 Å². The molecule has 0 saturated heterocycles. The standard InChI is InChI=1S/C26H39NO11/c1-6-10-11-12-15-35-25(32)38-26(22(28)29,27-18(5)7-2)17-19-13-14-20(36-23(30)33-8-3)21(16-19)37-24(31)34-9-4/h13-14,16,18,27H,6-12,15,17H2,1-5H3,(H,28,29)/t18?,26-/m0/s1. The largest absolute Gasteiger partial charge is 0.513 e. The monoisotopic (exact) mass is 541 g/mol. The lowest BCUT2D eigenvalue weighted by Crippen LogP contribution is -2.59. The molecule has 0 aliphatic rings. The zero-order chi connectivity index (χ0) is 28.6. The van der Waals surface area contributed by atoms with Gasteiger partial charge in [0.25, 0.3) is 5.72 Å². The lowest BCUT2D eigenvalue weighted by molar-refractivity contribution is -0.167. The van der Waals surface area contributed by atoms with Crippen LogP contribution in [0.1, 0.15) is 72.3 Å². The summed E-state index contributed by atoms with van der Waals surface area (Å²) in [5, 5.41) is 13.0. The number of ether oxygens (including phenoxy) is 6. The van der Waals surface area contributed by atoms with Gasteiger partial charge in [-0.3, -0.25) is 5.32 Å². The molecule has 0 saturated carbocycles. The fourth-order valence-electron chi connectivity index (χ4n) is 3.24. The van der Waals surface area contributed by atoms with Crippen molar-refractivity contribution in [3.8, 4) is 11.5 Å². The first kappa shape index (κ1) is 32.5. The normalized spacial score (nSPS) is 13.0. The number of hydrogen-bond donors (Lipinski definition) is 2. The van der Waals surface area contributed by atoms with Gasteiger partial charge in [-0.15, -0.1) is 0 Å². The Kier molecular flexibility index (Phi) is 14.6. The molecule has 0 radical (unpaired) electrons. The first-order chi connectivity index (χ1) is 18.1. The molecule has 0 aromatic heterocycles. The Morgan fingerprint density at radius 3 is 2.05 bits per heavy atom. The number of carboxylic acids is 1. The van der Waals surface area contributed by atoms with Crippen molar-refractivity contribution in [1.29, 1.82) is 0 Å². The van der Waals surface area contributed by atoms with Crippen LogP contribution >= 0.6 is 0 Å². The average molecular weight is 542 g/mol. The van der Waals surface area contributed by atoms with Crippen molar-refractivity contribution < 1.29 is 52.7 Å². The molecule has 0 heterocycles. The summed E-state index contributed by atoms with van der Waals surface area (Å²) in [6.07, 6.45) is 0.409. The van der Waals surface area contributed by atoms with Crippen molar-refractivity contribution in [3.63, 3.8) is 0 Å². The smallest absolute Gasteiger partial charge is 0.477 e. The highest BCUT2D eigenvalue weighted by Crippen LogP contribution is 2.31. The zero-order valence-electron chi connectivity index (χ0n) is 22.7. The Morgan fingerprint density at radius 1 is 0.868 bits per heavy atom. The van der Waals surface area contributed by atoms with Gasteiger partial charge in [-0.2, -0.15) is 0 Å². The number of rotatable bonds is 16. The molecule has 1 aromatic rings. The minimum absolute atomic E-state index is 0.0297. The quantitative estimate of drug-likeness (QED) is 0.0928. The molecular weight excluding hydrogens is 502 g/mol. The highest BCUT2D eigenvalue weighted by Gasteiger charge is 2.44. The third-order valence-electron chi connectivity index (χ3n) is 5.28. The topological polar surface area (TPSA) is 156 Å². The summed E-state index contributed by atoms with van der Waals surface area (Å²) in [7, 11) is 0. The van der Waals surface area contributed by atoms with Crippen LogP contribution in [0.25, 0.3) is 0 Å². The highest BCUT2D eigenvalue weighted by molar-refractivity contribution is 5.80. The van der Waals surface area contributed by atoms with E-state index in [2.05, 4.69) is 12.2 Å². The average Bonchev–Trinajstić information content (AvgIpc) is 2.85. The van der Waals surface area contributed by atoms with Gasteiger partial charge in [-0.25, -0.2) is 19.2 Å². The molecular formula is C26H39NO11. The van der Waals surface area contributed by atoms with Gasteiger partial charge in [-0.05, 0) is 51.3 Å². The van der Waals surface area contributed by atoms with E-state index in [4.69, 9.17) is 28.4 Å². The van der Waals surface area contributed by atoms with Crippen LogP contribution in [-0.2, 0) is 30.2 Å². The molecule has 0 aliphatic heterocycles. The number of carboxylic acid groups (broad SMARTS) is 1. The zero-order valence-corrected chi connectivity index (χ0v) is 22.7. The maximum atomic E-state index is 12.5. The van der Waals surface area contributed by atoms with Gasteiger partial charge in [0.05, 0.1) is 19.8 Å². The molecule has 2 atom stereocenters. The molecule has 0 amide bonds. The van der Waals surface area contributed by atoms with Gasteiger partial charge in [0.2, 0.25) is 0 Å². The highest BCUT2D eigenvalue weighted by atomic mass is 16.8. The number of aliphatic carboxylic acids is 1. The Hall–Kier alpha value is -3.54. The Labute approximate surface area is 222 Å². The summed E-state index contributed by atoms with van der Waals surface area (Å²) in [6.45, 7) is 8.97. The molecule has 12 heteroatoms. The number of carbonyl (C=O) groups is 4. The van der Waals surface area contributed by atoms with Gasteiger partial charge >= 0.3 is 24.4 Å². The summed E-state index contributed by atoms with van der Waals surface area (Å²) in [5.41, 5.74) is -1.94. The van der Waals surface area contributed by atoms with E-state index in [1.807, 2.05) is 6.92 Å². The van der Waals surface area contributed by atoms with Crippen LogP contribution in [0.15, 0.2) is 18.2 Å². The van der Waals surface area contributed by atoms with Crippen LogP contribution in [0, 0.1) is 0 Å². The second-order valence-corrected chi connectivity index (χ2v) is 8.37. The van der Waals surface area contributed by atoms with Crippen molar-refractivity contribution in [1.82, 2.24) is 5.32 Å². The lowest BCUT2D eigenvalue weighted by Gasteiger charge is -2.32. The molecule has 2 N–H and O–H groups in total. The van der Waals surface area contributed by atoms with Gasteiger partial charge in [0.15, 0.2) is 11.5 Å². The van der Waals surface area contributed by atoms with Crippen molar-refractivity contribution in [2.45, 2.75) is 84.9 Å². The first-order valence-electron chi connectivity index (χ1n) is 12.8. The van der Waals surface area contributed by atoms with Crippen LogP contribution in [0.3, 0.4) is 0 Å². The minimum atomic E-state index is -2.21. The molecule has 1 aromatic carbocycles. The summed E-state index contributed by atoms with van der Waals surface area (Å²) < 4.78 is 30.3. The number of hydrogen-bond acceptors (Lipinski definition) is 11. The van der Waals surface area contributed by atoms with Gasteiger partial charge in [0, 0.05) is 12.5 Å². The van der Waals surface area contributed by atoms with Crippen LogP contribution < -0.4 is 14.8 Å². The Morgan fingerprint density at radius 2 is 1.50 bits per heavy atom. The fourth-order valence-corrected chi connectivity index (χ4v) is 3.24. The van der Waals surface area contributed by atoms with Crippen molar-refractivity contribution in [2.75, 3.05) is 19.8 Å². The van der Waals surface area contributed by atoms with E-state index in [0.717, 1.165) is 19.3 Å². The molecule has 1 rings (SSSR count). The summed E-state index contributed by atoms with van der Waals surface area (Å²) in [5.74, 6) is -1.85. The third kappa shape index (κ3) is 11.2. The van der Waals surface area contributed by atoms with Crippen LogP contribution in [0.5, 0.6) is 11.5 Å². The molecule has 0 fully saturated rings. The minimum Gasteiger partial charge on any atom is -0.477 e. The number of unbranched alkanes of at least 4 members (excludes halogenated alkanes) is 3. The van der Waals surface area contributed by atoms with E-state index in [1.54, 1.807) is 20.8 Å². The van der Waals surface area contributed by atoms with Crippen molar-refractivity contribution >= 4 is 24.4 Å². The first-order valence-corrected chi connectivity index (χ1v) is 12.8. The second kappa shape index (κ2) is 17.1. The SMILES string of the molecule is CCCCCCOC(=O)O[C@](Cc1ccc(OC(=O)OCC)c(OC(=O)OCC)c1)(NC(C)CC)C(=O)O. The van der Waals surface area contributed by atoms with Crippen molar-refractivity contribution in [3.05, 3.63) is 23.8 Å². The van der Waals surface area contributed by atoms with Crippen LogP contribution in [0.4, 0.5) is 14.4 Å². The van der Waals surface area contributed by atoms with E-state index < -0.39 is 30.2 Å². The Bertz CT molecular complexity index is 920. The van der Waals surface area contributed by atoms with E-state index in [1.165, 1.54) is 18.2 Å². The summed E-state index contributed by atoms with van der Waals surface area (Å²) >= 11 is 0. The fraction of sp³-hybridized carbons (Fsp3) is 0.615. The van der Waals surface area contributed by atoms with Gasteiger partial charge in [0.1, 0.15) is 0 Å². The summed E-state index contributed by atoms with van der Waals surface area (Å²) in [4.78, 5) is 48.7. The number of benzene rings is 1. The Balaban J connectivity index is 3.29. The lowest BCUT2D eigenvalue weighted by atomic mass is 10.00. The molecule has 0 bridgehead atoms.